The fourth-order valence-corrected chi connectivity index (χ4v) is 3.18. The summed E-state index contributed by atoms with van der Waals surface area (Å²) in [4.78, 5) is 29.1. The van der Waals surface area contributed by atoms with Crippen LogP contribution in [0.3, 0.4) is 0 Å². The zero-order chi connectivity index (χ0) is 18.7. The van der Waals surface area contributed by atoms with Crippen molar-refractivity contribution in [2.75, 3.05) is 5.32 Å². The molecular formula is C21H23N3O2. The predicted octanol–water partition coefficient (Wildman–Crippen LogP) is 3.74. The van der Waals surface area contributed by atoms with Gasteiger partial charge in [0, 0.05) is 18.7 Å². The van der Waals surface area contributed by atoms with E-state index in [9.17, 15) is 9.59 Å². The Labute approximate surface area is 152 Å². The molecule has 0 atom stereocenters. The highest BCUT2D eigenvalue weighted by atomic mass is 16.1. The molecule has 134 valence electrons. The second-order valence-corrected chi connectivity index (χ2v) is 6.74. The third kappa shape index (κ3) is 3.99. The quantitative estimate of drug-likeness (QED) is 0.763. The maximum Gasteiger partial charge on any atom is 0.261 e. The van der Waals surface area contributed by atoms with Crippen molar-refractivity contribution in [3.8, 4) is 0 Å². The number of amides is 1. The molecule has 0 saturated carbocycles. The molecule has 0 fully saturated rings. The van der Waals surface area contributed by atoms with Crippen LogP contribution in [0.4, 0.5) is 5.69 Å². The third-order valence-corrected chi connectivity index (χ3v) is 4.36. The standard InChI is InChI=1S/C21H23N3O2/c1-14-10-15(2)12-17(11-14)23-19(25)8-5-9-24-13-22-20-16(3)6-4-7-18(20)21(24)26/h4,6-7,10-13H,5,8-9H2,1-3H3,(H,23,25). The molecule has 3 rings (SSSR count). The minimum Gasteiger partial charge on any atom is -0.326 e. The van der Waals surface area contributed by atoms with Crippen molar-refractivity contribution in [2.45, 2.75) is 40.2 Å². The molecule has 0 saturated heterocycles. The average molecular weight is 349 g/mol. The molecule has 5 nitrogen and oxygen atoms in total. The van der Waals surface area contributed by atoms with Crippen LogP contribution in [0.15, 0.2) is 47.5 Å². The number of hydrogen-bond acceptors (Lipinski definition) is 3. The van der Waals surface area contributed by atoms with E-state index in [1.807, 2.05) is 45.0 Å². The SMILES string of the molecule is Cc1cc(C)cc(NC(=O)CCCn2cnc3c(C)cccc3c2=O)c1. The molecule has 1 amide bonds. The van der Waals surface area contributed by atoms with E-state index >= 15 is 0 Å². The number of fused-ring (bicyclic) bond motifs is 1. The van der Waals surface area contributed by atoms with Crippen molar-refractivity contribution in [1.82, 2.24) is 9.55 Å². The van der Waals surface area contributed by atoms with Gasteiger partial charge in [-0.2, -0.15) is 0 Å². The van der Waals surface area contributed by atoms with Crippen LogP contribution >= 0.6 is 0 Å². The highest BCUT2D eigenvalue weighted by molar-refractivity contribution is 5.90. The molecule has 5 heteroatoms. The van der Waals surface area contributed by atoms with Crippen LogP contribution in [0.25, 0.3) is 10.9 Å². The summed E-state index contributed by atoms with van der Waals surface area (Å²) in [6.45, 7) is 6.42. The Morgan fingerprint density at radius 3 is 2.58 bits per heavy atom. The molecule has 0 aliphatic carbocycles. The molecule has 0 radical (unpaired) electrons. The molecule has 3 aromatic rings. The molecule has 0 spiro atoms. The third-order valence-electron chi connectivity index (χ3n) is 4.36. The summed E-state index contributed by atoms with van der Waals surface area (Å²) in [5, 5.41) is 3.54. The van der Waals surface area contributed by atoms with Crippen LogP contribution in [0.5, 0.6) is 0 Å². The number of nitrogens with zero attached hydrogens (tertiary/aromatic N) is 2. The van der Waals surface area contributed by atoms with Crippen molar-refractivity contribution in [3.05, 3.63) is 69.8 Å². The van der Waals surface area contributed by atoms with Gasteiger partial charge in [0.2, 0.25) is 5.91 Å². The summed E-state index contributed by atoms with van der Waals surface area (Å²) in [5.41, 5.74) is 4.70. The van der Waals surface area contributed by atoms with Gasteiger partial charge in [-0.15, -0.1) is 0 Å². The van der Waals surface area contributed by atoms with Crippen LogP contribution in [0.2, 0.25) is 0 Å². The van der Waals surface area contributed by atoms with Crippen LogP contribution in [-0.4, -0.2) is 15.5 Å². The minimum absolute atomic E-state index is 0.0485. The van der Waals surface area contributed by atoms with Crippen molar-refractivity contribution in [1.29, 1.82) is 0 Å². The zero-order valence-corrected chi connectivity index (χ0v) is 15.4. The number of anilines is 1. The monoisotopic (exact) mass is 349 g/mol. The van der Waals surface area contributed by atoms with Gasteiger partial charge in [-0.3, -0.25) is 14.2 Å². The van der Waals surface area contributed by atoms with Crippen LogP contribution in [0.1, 0.15) is 29.5 Å². The molecule has 0 unspecified atom stereocenters. The topological polar surface area (TPSA) is 64.0 Å². The highest BCUT2D eigenvalue weighted by Crippen LogP contribution is 2.14. The molecular weight excluding hydrogens is 326 g/mol. The molecule has 0 aliphatic heterocycles. The molecule has 1 heterocycles. The fourth-order valence-electron chi connectivity index (χ4n) is 3.18. The van der Waals surface area contributed by atoms with E-state index in [0.29, 0.717) is 24.8 Å². The summed E-state index contributed by atoms with van der Waals surface area (Å²) in [6, 6.07) is 11.6. The number of rotatable bonds is 5. The van der Waals surface area contributed by atoms with Gasteiger partial charge in [0.1, 0.15) is 0 Å². The maximum absolute atomic E-state index is 12.5. The summed E-state index contributed by atoms with van der Waals surface area (Å²) >= 11 is 0. The van der Waals surface area contributed by atoms with Crippen molar-refractivity contribution < 1.29 is 4.79 Å². The number of hydrogen-bond donors (Lipinski definition) is 1. The van der Waals surface area contributed by atoms with E-state index < -0.39 is 0 Å². The lowest BCUT2D eigenvalue weighted by Crippen LogP contribution is -2.22. The van der Waals surface area contributed by atoms with Gasteiger partial charge in [-0.05, 0) is 62.1 Å². The smallest absolute Gasteiger partial charge is 0.261 e. The first kappa shape index (κ1) is 17.9. The number of aromatic nitrogens is 2. The fraction of sp³-hybridized carbons (Fsp3) is 0.286. The number of para-hydroxylation sites is 1. The lowest BCUT2D eigenvalue weighted by molar-refractivity contribution is -0.116. The summed E-state index contributed by atoms with van der Waals surface area (Å²) in [6.07, 6.45) is 2.50. The van der Waals surface area contributed by atoms with Crippen LogP contribution < -0.4 is 10.9 Å². The largest absolute Gasteiger partial charge is 0.326 e. The molecule has 0 bridgehead atoms. The maximum atomic E-state index is 12.5. The van der Waals surface area contributed by atoms with E-state index in [4.69, 9.17) is 0 Å². The van der Waals surface area contributed by atoms with E-state index in [-0.39, 0.29) is 11.5 Å². The number of carbonyl (C=O) groups is 1. The van der Waals surface area contributed by atoms with Gasteiger partial charge >= 0.3 is 0 Å². The van der Waals surface area contributed by atoms with Gasteiger partial charge in [0.25, 0.3) is 5.56 Å². The molecule has 2 aromatic carbocycles. The zero-order valence-electron chi connectivity index (χ0n) is 15.4. The lowest BCUT2D eigenvalue weighted by atomic mass is 10.1. The lowest BCUT2D eigenvalue weighted by Gasteiger charge is -2.09. The average Bonchev–Trinajstić information content (AvgIpc) is 2.56. The van der Waals surface area contributed by atoms with Gasteiger partial charge in [-0.25, -0.2) is 4.98 Å². The molecule has 1 N–H and O–H groups in total. The Morgan fingerprint density at radius 2 is 1.85 bits per heavy atom. The van der Waals surface area contributed by atoms with Crippen molar-refractivity contribution >= 4 is 22.5 Å². The van der Waals surface area contributed by atoms with Gasteiger partial charge in [0.05, 0.1) is 17.2 Å². The highest BCUT2D eigenvalue weighted by Gasteiger charge is 2.07. The molecule has 0 aliphatic rings. The number of nitrogens with one attached hydrogen (secondary N) is 1. The van der Waals surface area contributed by atoms with Gasteiger partial charge in [-0.1, -0.05) is 18.2 Å². The number of aryl methyl sites for hydroxylation is 4. The number of benzene rings is 2. The molecule has 1 aromatic heterocycles. The van der Waals surface area contributed by atoms with E-state index in [1.165, 1.54) is 0 Å². The van der Waals surface area contributed by atoms with Crippen LogP contribution in [-0.2, 0) is 11.3 Å². The number of carbonyl (C=O) groups excluding carboxylic acids is 1. The first-order valence-corrected chi connectivity index (χ1v) is 8.77. The Kier molecular flexibility index (Phi) is 5.16. The Morgan fingerprint density at radius 1 is 1.12 bits per heavy atom. The first-order valence-electron chi connectivity index (χ1n) is 8.77. The molecule has 26 heavy (non-hydrogen) atoms. The first-order chi connectivity index (χ1) is 12.4. The van der Waals surface area contributed by atoms with Crippen molar-refractivity contribution in [3.63, 3.8) is 0 Å². The summed E-state index contributed by atoms with van der Waals surface area (Å²) < 4.78 is 1.58. The van der Waals surface area contributed by atoms with E-state index in [2.05, 4.69) is 16.4 Å². The van der Waals surface area contributed by atoms with Gasteiger partial charge < -0.3 is 5.32 Å². The predicted molar refractivity (Wildman–Crippen MR) is 105 cm³/mol. The summed E-state index contributed by atoms with van der Waals surface area (Å²) in [5.74, 6) is -0.0485. The Bertz CT molecular complexity index is 1000. The second kappa shape index (κ2) is 7.52. The van der Waals surface area contributed by atoms with Gasteiger partial charge in [0.15, 0.2) is 0 Å². The normalized spacial score (nSPS) is 10.9. The minimum atomic E-state index is -0.0617. The van der Waals surface area contributed by atoms with Crippen molar-refractivity contribution in [2.24, 2.45) is 0 Å². The Balaban J connectivity index is 1.63. The van der Waals surface area contributed by atoms with E-state index in [0.717, 1.165) is 27.9 Å². The second-order valence-electron chi connectivity index (χ2n) is 6.74. The van der Waals surface area contributed by atoms with E-state index in [1.54, 1.807) is 17.0 Å². The van der Waals surface area contributed by atoms with Crippen LogP contribution in [0, 0.1) is 20.8 Å². The Hall–Kier alpha value is -2.95. The summed E-state index contributed by atoms with van der Waals surface area (Å²) in [7, 11) is 0.